The number of H-pyrrole nitrogens is 2. The minimum Gasteiger partial charge on any atom is -0.331 e. The second-order valence-electron chi connectivity index (χ2n) is 5.44. The Kier molecular flexibility index (Phi) is 6.27. The van der Waals surface area contributed by atoms with Crippen molar-refractivity contribution < 1.29 is 0 Å². The third-order valence-corrected chi connectivity index (χ3v) is 3.72. The molecule has 5 nitrogen and oxygen atoms in total. The van der Waals surface area contributed by atoms with Gasteiger partial charge in [-0.05, 0) is 44.0 Å². The van der Waals surface area contributed by atoms with Gasteiger partial charge in [-0.25, -0.2) is 0 Å². The standard InChI is InChI=1S/C16H19ClN4OS/c1-21(2)8-7-18-10-14-13(15(22)20-16(23)19-14)9-11-3-5-12(17)6-4-11/h3-6,10H,7-9H2,1-2H3,(H2,19,20,22,23). The molecule has 0 bridgehead atoms. The molecule has 2 rings (SSSR count). The Labute approximate surface area is 145 Å². The molecule has 1 aromatic carbocycles. The van der Waals surface area contributed by atoms with Crippen LogP contribution in [0, 0.1) is 4.77 Å². The summed E-state index contributed by atoms with van der Waals surface area (Å²) in [5.74, 6) is 0. The van der Waals surface area contributed by atoms with Gasteiger partial charge in [-0.3, -0.25) is 14.8 Å². The number of aromatic amines is 2. The van der Waals surface area contributed by atoms with Crippen molar-refractivity contribution in [3.05, 3.63) is 61.2 Å². The van der Waals surface area contributed by atoms with Crippen LogP contribution < -0.4 is 5.56 Å². The van der Waals surface area contributed by atoms with E-state index >= 15 is 0 Å². The zero-order valence-electron chi connectivity index (χ0n) is 13.1. The molecule has 0 aliphatic rings. The molecule has 0 saturated carbocycles. The van der Waals surface area contributed by atoms with E-state index in [1.54, 1.807) is 18.3 Å². The van der Waals surface area contributed by atoms with Crippen molar-refractivity contribution >= 4 is 30.0 Å². The molecule has 1 aromatic heterocycles. The highest BCUT2D eigenvalue weighted by Gasteiger charge is 2.08. The van der Waals surface area contributed by atoms with Crippen LogP contribution in [0.15, 0.2) is 34.1 Å². The lowest BCUT2D eigenvalue weighted by Gasteiger charge is -2.07. The molecule has 0 aliphatic heterocycles. The maximum atomic E-state index is 12.2. The predicted octanol–water partition coefficient (Wildman–Crippen LogP) is 2.66. The van der Waals surface area contributed by atoms with Crippen LogP contribution >= 0.6 is 23.8 Å². The summed E-state index contributed by atoms with van der Waals surface area (Å²) in [5, 5.41) is 0.667. The molecule has 0 atom stereocenters. The van der Waals surface area contributed by atoms with Gasteiger partial charge in [0.25, 0.3) is 5.56 Å². The molecule has 0 radical (unpaired) electrons. The minimum atomic E-state index is -0.197. The first-order valence-electron chi connectivity index (χ1n) is 7.20. The quantitative estimate of drug-likeness (QED) is 0.622. The largest absolute Gasteiger partial charge is 0.331 e. The van der Waals surface area contributed by atoms with E-state index < -0.39 is 0 Å². The zero-order valence-corrected chi connectivity index (χ0v) is 14.7. The fraction of sp³-hybridized carbons (Fsp3) is 0.312. The summed E-state index contributed by atoms with van der Waals surface area (Å²) in [6, 6.07) is 7.41. The van der Waals surface area contributed by atoms with Crippen LogP contribution in [0.1, 0.15) is 16.8 Å². The number of hydrogen-bond acceptors (Lipinski definition) is 4. The Morgan fingerprint density at radius 3 is 2.61 bits per heavy atom. The first kappa shape index (κ1) is 17.6. The fourth-order valence-electron chi connectivity index (χ4n) is 2.04. The highest BCUT2D eigenvalue weighted by atomic mass is 35.5. The molecule has 7 heteroatoms. The number of rotatable bonds is 6. The van der Waals surface area contributed by atoms with Crippen molar-refractivity contribution in [2.24, 2.45) is 4.99 Å². The normalized spacial score (nSPS) is 11.5. The summed E-state index contributed by atoms with van der Waals surface area (Å²) in [6.07, 6.45) is 2.16. The number of likely N-dealkylation sites (N-methyl/N-ethyl adjacent to an activating group) is 1. The lowest BCUT2D eigenvalue weighted by molar-refractivity contribution is 0.421. The summed E-state index contributed by atoms with van der Waals surface area (Å²) >= 11 is 10.9. The van der Waals surface area contributed by atoms with Gasteiger partial charge >= 0.3 is 0 Å². The number of aliphatic imine (C=N–C) groups is 1. The van der Waals surface area contributed by atoms with Crippen LogP contribution in [0.3, 0.4) is 0 Å². The number of aromatic nitrogens is 2. The molecule has 0 saturated heterocycles. The van der Waals surface area contributed by atoms with Crippen molar-refractivity contribution in [1.82, 2.24) is 14.9 Å². The molecule has 2 N–H and O–H groups in total. The van der Waals surface area contributed by atoms with Crippen LogP contribution in [0.25, 0.3) is 0 Å². The van der Waals surface area contributed by atoms with E-state index in [0.717, 1.165) is 12.1 Å². The van der Waals surface area contributed by atoms with E-state index in [-0.39, 0.29) is 5.56 Å². The second-order valence-corrected chi connectivity index (χ2v) is 6.29. The summed E-state index contributed by atoms with van der Waals surface area (Å²) in [6.45, 7) is 1.49. The molecule has 0 aliphatic carbocycles. The number of benzene rings is 1. The summed E-state index contributed by atoms with van der Waals surface area (Å²) < 4.78 is 0.295. The van der Waals surface area contributed by atoms with Crippen molar-refractivity contribution in [3.8, 4) is 0 Å². The molecular weight excluding hydrogens is 332 g/mol. The Morgan fingerprint density at radius 1 is 1.26 bits per heavy atom. The third kappa shape index (κ3) is 5.42. The number of halogens is 1. The molecular formula is C16H19ClN4OS. The highest BCUT2D eigenvalue weighted by Crippen LogP contribution is 2.13. The van der Waals surface area contributed by atoms with Crippen molar-refractivity contribution in [2.45, 2.75) is 6.42 Å². The topological polar surface area (TPSA) is 64.2 Å². The van der Waals surface area contributed by atoms with Gasteiger partial charge in [-0.1, -0.05) is 23.7 Å². The maximum absolute atomic E-state index is 12.2. The molecule has 0 fully saturated rings. The Bertz CT molecular complexity index is 793. The van der Waals surface area contributed by atoms with Gasteiger partial charge < -0.3 is 9.88 Å². The van der Waals surface area contributed by atoms with Gasteiger partial charge in [0.15, 0.2) is 4.77 Å². The van der Waals surface area contributed by atoms with Crippen molar-refractivity contribution in [2.75, 3.05) is 27.2 Å². The van der Waals surface area contributed by atoms with E-state index in [4.69, 9.17) is 23.8 Å². The summed E-state index contributed by atoms with van der Waals surface area (Å²) in [5.41, 5.74) is 2.05. The van der Waals surface area contributed by atoms with E-state index in [2.05, 4.69) is 15.0 Å². The number of nitrogens with one attached hydrogen (secondary N) is 2. The number of nitrogens with zero attached hydrogens (tertiary/aromatic N) is 2. The molecule has 1 heterocycles. The molecule has 0 unspecified atom stereocenters. The fourth-order valence-corrected chi connectivity index (χ4v) is 2.36. The van der Waals surface area contributed by atoms with Gasteiger partial charge in [0.1, 0.15) is 0 Å². The Balaban J connectivity index is 2.28. The minimum absolute atomic E-state index is 0.197. The summed E-state index contributed by atoms with van der Waals surface area (Å²) in [4.78, 5) is 24.3. The smallest absolute Gasteiger partial charge is 0.255 e. The van der Waals surface area contributed by atoms with E-state index in [1.807, 2.05) is 31.1 Å². The maximum Gasteiger partial charge on any atom is 0.255 e. The lowest BCUT2D eigenvalue weighted by atomic mass is 10.1. The first-order valence-corrected chi connectivity index (χ1v) is 7.99. The van der Waals surface area contributed by atoms with E-state index in [1.165, 1.54) is 0 Å². The van der Waals surface area contributed by atoms with Crippen LogP contribution in [-0.2, 0) is 6.42 Å². The average Bonchev–Trinajstić information content (AvgIpc) is 2.48. The van der Waals surface area contributed by atoms with Crippen molar-refractivity contribution in [1.29, 1.82) is 0 Å². The zero-order chi connectivity index (χ0) is 16.8. The third-order valence-electron chi connectivity index (χ3n) is 3.27. The van der Waals surface area contributed by atoms with Gasteiger partial charge in [-0.15, -0.1) is 0 Å². The molecule has 0 amide bonds. The van der Waals surface area contributed by atoms with Gasteiger partial charge in [0.2, 0.25) is 0 Å². The monoisotopic (exact) mass is 350 g/mol. The lowest BCUT2D eigenvalue weighted by Crippen LogP contribution is -2.19. The van der Waals surface area contributed by atoms with Gasteiger partial charge in [0.05, 0.1) is 12.2 Å². The van der Waals surface area contributed by atoms with Gasteiger partial charge in [-0.2, -0.15) is 0 Å². The Morgan fingerprint density at radius 2 is 1.96 bits per heavy atom. The average molecular weight is 351 g/mol. The molecule has 23 heavy (non-hydrogen) atoms. The number of hydrogen-bond donors (Lipinski definition) is 2. The highest BCUT2D eigenvalue weighted by molar-refractivity contribution is 7.71. The van der Waals surface area contributed by atoms with Crippen LogP contribution in [-0.4, -0.2) is 48.3 Å². The van der Waals surface area contributed by atoms with Crippen molar-refractivity contribution in [3.63, 3.8) is 0 Å². The summed E-state index contributed by atoms with van der Waals surface area (Å²) in [7, 11) is 3.98. The second kappa shape index (κ2) is 8.19. The van der Waals surface area contributed by atoms with Gasteiger partial charge in [0, 0.05) is 29.8 Å². The van der Waals surface area contributed by atoms with Crippen LogP contribution in [0.5, 0.6) is 0 Å². The van der Waals surface area contributed by atoms with E-state index in [9.17, 15) is 4.79 Å². The van der Waals surface area contributed by atoms with Crippen LogP contribution in [0.4, 0.5) is 0 Å². The molecule has 0 spiro atoms. The van der Waals surface area contributed by atoms with E-state index in [0.29, 0.717) is 34.0 Å². The molecule has 122 valence electrons. The first-order chi connectivity index (χ1) is 11.0. The Hall–Kier alpha value is -1.76. The molecule has 2 aromatic rings. The predicted molar refractivity (Wildman–Crippen MR) is 97.5 cm³/mol. The SMILES string of the molecule is CN(C)CCN=Cc1[nH]c(=S)[nH]c(=O)c1Cc1ccc(Cl)cc1. The van der Waals surface area contributed by atoms with Crippen LogP contribution in [0.2, 0.25) is 5.02 Å².